The van der Waals surface area contributed by atoms with E-state index in [2.05, 4.69) is 21.3 Å². The molecule has 0 aromatic heterocycles. The number of benzene rings is 5. The van der Waals surface area contributed by atoms with Gasteiger partial charge in [0.1, 0.15) is 29.9 Å². The van der Waals surface area contributed by atoms with Gasteiger partial charge in [-0.15, -0.1) is 0 Å². The van der Waals surface area contributed by atoms with Crippen molar-refractivity contribution in [2.75, 3.05) is 18.0 Å². The fraction of sp³-hybridized carbons (Fsp3) is 0.240. The zero-order valence-corrected chi connectivity index (χ0v) is 36.6. The molecule has 5 aromatic carbocycles. The summed E-state index contributed by atoms with van der Waals surface area (Å²) < 4.78 is 0. The lowest BCUT2D eigenvalue weighted by Gasteiger charge is -2.30. The molecular formula is C50H50N8O9. The van der Waals surface area contributed by atoms with Crippen LogP contribution in [0.1, 0.15) is 51.0 Å². The first-order valence-electron chi connectivity index (χ1n) is 21.8. The molecule has 2 heterocycles. The fourth-order valence-electron chi connectivity index (χ4n) is 8.15. The Kier molecular flexibility index (Phi) is 14.7. The van der Waals surface area contributed by atoms with Gasteiger partial charge >= 0.3 is 6.03 Å². The van der Waals surface area contributed by atoms with Crippen molar-refractivity contribution in [3.63, 3.8) is 0 Å². The zero-order valence-electron chi connectivity index (χ0n) is 36.6. The predicted octanol–water partition coefficient (Wildman–Crippen LogP) is 4.45. The number of nitrogens with one attached hydrogen (secondary N) is 4. The van der Waals surface area contributed by atoms with Crippen LogP contribution in [-0.4, -0.2) is 87.8 Å². The Morgan fingerprint density at radius 2 is 1.43 bits per heavy atom. The second-order valence-electron chi connectivity index (χ2n) is 16.5. The maximum atomic E-state index is 14.6. The number of aryl methyl sites for hydroxylation is 1. The third kappa shape index (κ3) is 11.7. The summed E-state index contributed by atoms with van der Waals surface area (Å²) in [5, 5.41) is 33.5. The van der Waals surface area contributed by atoms with Crippen LogP contribution in [0.5, 0.6) is 5.75 Å². The molecule has 1 fully saturated rings. The number of hydrogen-bond donors (Lipinski definition) is 6. The van der Waals surface area contributed by atoms with E-state index in [0.29, 0.717) is 17.7 Å². The molecule has 1 saturated heterocycles. The predicted molar refractivity (Wildman–Crippen MR) is 249 cm³/mol. The van der Waals surface area contributed by atoms with Gasteiger partial charge in [0, 0.05) is 61.3 Å². The van der Waals surface area contributed by atoms with Crippen LogP contribution in [0.3, 0.4) is 0 Å². The number of nitrogens with two attached hydrogens (primary N) is 1. The van der Waals surface area contributed by atoms with Crippen molar-refractivity contribution in [2.24, 2.45) is 5.73 Å². The topological polar surface area (TPSA) is 246 Å². The number of nitrogens with zero attached hydrogens (tertiary/aromatic N) is 3. The fourth-order valence-corrected chi connectivity index (χ4v) is 8.15. The number of carbonyl (C=O) groups excluding carboxylic acids is 6. The molecule has 2 aliphatic heterocycles. The molecule has 344 valence electrons. The number of rotatable bonds is 17. The lowest BCUT2D eigenvalue weighted by atomic mass is 10.0. The maximum Gasteiger partial charge on any atom is 0.326 e. The quantitative estimate of drug-likeness (QED) is 0.0569. The van der Waals surface area contributed by atoms with E-state index >= 15 is 0 Å². The molecular weight excluding hydrogens is 857 g/mol. The van der Waals surface area contributed by atoms with Crippen molar-refractivity contribution in [1.29, 1.82) is 0 Å². The number of urea groups is 1. The molecule has 0 bridgehead atoms. The van der Waals surface area contributed by atoms with Crippen molar-refractivity contribution >= 4 is 52.6 Å². The minimum atomic E-state index is -1.17. The number of likely N-dealkylation sites (tertiary alicyclic amines) is 1. The van der Waals surface area contributed by atoms with Gasteiger partial charge in [0.25, 0.3) is 11.6 Å². The van der Waals surface area contributed by atoms with Gasteiger partial charge in [-0.3, -0.25) is 39.0 Å². The SMILES string of the molecule is Cc1ccc(CC(NC(=O)c2ccc(N3CC=C(c4cccc([N+](=O)[O-])c4)NC3=O)c(O)c2)C(=O)N2CCCC2C(=O)NC(Cc2ccccc2)C(=O)NC(Cc2ccccc2)C(N)=O)cc1. The van der Waals surface area contributed by atoms with Crippen molar-refractivity contribution in [2.45, 2.75) is 63.2 Å². The Hall–Kier alpha value is -8.34. The van der Waals surface area contributed by atoms with Crippen molar-refractivity contribution < 1.29 is 38.8 Å². The Balaban J connectivity index is 1.07. The first-order chi connectivity index (χ1) is 32.2. The number of nitro benzene ring substituents is 1. The van der Waals surface area contributed by atoms with Gasteiger partial charge in [-0.2, -0.15) is 0 Å². The average Bonchev–Trinajstić information content (AvgIpc) is 3.83. The van der Waals surface area contributed by atoms with Gasteiger partial charge in [0.15, 0.2) is 0 Å². The molecule has 0 saturated carbocycles. The lowest BCUT2D eigenvalue weighted by molar-refractivity contribution is -0.384. The van der Waals surface area contributed by atoms with E-state index in [1.807, 2.05) is 55.5 Å². The van der Waals surface area contributed by atoms with E-state index in [9.17, 15) is 44.0 Å². The summed E-state index contributed by atoms with van der Waals surface area (Å²) in [5.74, 6) is -3.61. The lowest BCUT2D eigenvalue weighted by Crippen LogP contribution is -2.58. The Morgan fingerprint density at radius 3 is 2.06 bits per heavy atom. The Labute approximate surface area is 386 Å². The highest BCUT2D eigenvalue weighted by Gasteiger charge is 2.39. The molecule has 0 aliphatic carbocycles. The Bertz CT molecular complexity index is 2700. The Morgan fingerprint density at radius 1 is 0.791 bits per heavy atom. The highest BCUT2D eigenvalue weighted by molar-refractivity contribution is 6.03. The molecule has 4 atom stereocenters. The second-order valence-corrected chi connectivity index (χ2v) is 16.5. The van der Waals surface area contributed by atoms with E-state index in [1.165, 1.54) is 46.2 Å². The van der Waals surface area contributed by atoms with Crippen LogP contribution >= 0.6 is 0 Å². The number of nitro groups is 1. The highest BCUT2D eigenvalue weighted by atomic mass is 16.6. The number of phenols is 1. The third-order valence-electron chi connectivity index (χ3n) is 11.7. The largest absolute Gasteiger partial charge is 0.506 e. The van der Waals surface area contributed by atoms with E-state index in [4.69, 9.17) is 5.73 Å². The van der Waals surface area contributed by atoms with Crippen LogP contribution in [0, 0.1) is 17.0 Å². The molecule has 17 heteroatoms. The van der Waals surface area contributed by atoms with Gasteiger partial charge in [0.05, 0.1) is 10.6 Å². The van der Waals surface area contributed by atoms with E-state index < -0.39 is 70.4 Å². The van der Waals surface area contributed by atoms with E-state index in [1.54, 1.807) is 48.5 Å². The first kappa shape index (κ1) is 46.6. The number of amides is 7. The molecule has 17 nitrogen and oxygen atoms in total. The monoisotopic (exact) mass is 906 g/mol. The van der Waals surface area contributed by atoms with Crippen LogP contribution in [0.4, 0.5) is 16.2 Å². The van der Waals surface area contributed by atoms with Gasteiger partial charge < -0.3 is 37.0 Å². The summed E-state index contributed by atoms with van der Waals surface area (Å²) in [6.07, 6.45) is 2.65. The molecule has 2 aliphatic rings. The first-order valence-corrected chi connectivity index (χ1v) is 21.8. The number of non-ortho nitro benzene ring substituents is 1. The van der Waals surface area contributed by atoms with E-state index in [0.717, 1.165) is 22.3 Å². The van der Waals surface area contributed by atoms with Crippen molar-refractivity contribution in [3.8, 4) is 5.75 Å². The summed E-state index contributed by atoms with van der Waals surface area (Å²) in [4.78, 5) is 95.9. The van der Waals surface area contributed by atoms with Gasteiger partial charge in [0.2, 0.25) is 23.6 Å². The smallest absolute Gasteiger partial charge is 0.326 e. The van der Waals surface area contributed by atoms with Crippen molar-refractivity contribution in [1.82, 2.24) is 26.2 Å². The molecule has 4 unspecified atom stereocenters. The summed E-state index contributed by atoms with van der Waals surface area (Å²) in [5.41, 5.74) is 9.66. The average molecular weight is 907 g/mol. The van der Waals surface area contributed by atoms with Crippen LogP contribution in [0.15, 0.2) is 133 Å². The van der Waals surface area contributed by atoms with E-state index in [-0.39, 0.29) is 55.7 Å². The zero-order chi connectivity index (χ0) is 47.6. The molecule has 7 N–H and O–H groups in total. The molecule has 5 aromatic rings. The van der Waals surface area contributed by atoms with Gasteiger partial charge in [-0.1, -0.05) is 103 Å². The number of anilines is 1. The second kappa shape index (κ2) is 21.1. The third-order valence-corrected chi connectivity index (χ3v) is 11.7. The van der Waals surface area contributed by atoms with Crippen LogP contribution in [-0.2, 0) is 38.4 Å². The summed E-state index contributed by atoms with van der Waals surface area (Å²) in [6.45, 7) is 2.11. The number of carbonyl (C=O) groups is 6. The number of phenolic OH excluding ortho intramolecular Hbond substituents is 1. The molecule has 0 spiro atoms. The van der Waals surface area contributed by atoms with Crippen LogP contribution < -0.4 is 31.9 Å². The number of primary amides is 1. The minimum absolute atomic E-state index is 0.000489. The van der Waals surface area contributed by atoms with Gasteiger partial charge in [-0.25, -0.2) is 4.79 Å². The molecule has 7 amide bonds. The maximum absolute atomic E-state index is 14.6. The standard InChI is InChI=1S/C50H50N8O9/c1-31-17-19-34(20-18-31)28-41(54-46(61)36-21-22-42(44(59)30-36)57-25-23-38(55-50(57)65)35-14-8-15-37(29-35)58(66)67)49(64)56-24-9-16-43(56)48(63)53-40(27-33-12-6-3-7-13-33)47(62)52-39(45(51)60)26-32-10-4-2-5-11-32/h2-8,10-15,17-23,29-30,39-41,43,59H,9,16,24-28H2,1H3,(H2,51,60)(H,52,62)(H,53,63)(H,54,61)(H,55,65). The highest BCUT2D eigenvalue weighted by Crippen LogP contribution is 2.31. The van der Waals surface area contributed by atoms with Crippen LogP contribution in [0.25, 0.3) is 5.70 Å². The molecule has 7 rings (SSSR count). The summed E-state index contributed by atoms with van der Waals surface area (Å²) >= 11 is 0. The summed E-state index contributed by atoms with van der Waals surface area (Å²) in [7, 11) is 0. The van der Waals surface area contributed by atoms with Crippen molar-refractivity contribution in [3.05, 3.63) is 177 Å². The molecule has 67 heavy (non-hydrogen) atoms. The normalized spacial score (nSPS) is 15.9. The van der Waals surface area contributed by atoms with Gasteiger partial charge in [-0.05, 0) is 60.7 Å². The minimum Gasteiger partial charge on any atom is -0.506 e. The molecule has 0 radical (unpaired) electrons. The summed E-state index contributed by atoms with van der Waals surface area (Å²) in [6, 6.07) is 30.3. The number of aromatic hydroxyl groups is 1. The number of hydrogen-bond acceptors (Lipinski definition) is 9. The van der Waals surface area contributed by atoms with Crippen LogP contribution in [0.2, 0.25) is 0 Å².